The van der Waals surface area contributed by atoms with Gasteiger partial charge in [-0.2, -0.15) is 5.10 Å². The van der Waals surface area contributed by atoms with E-state index in [2.05, 4.69) is 38.5 Å². The first kappa shape index (κ1) is 34.9. The van der Waals surface area contributed by atoms with Crippen molar-refractivity contribution in [1.82, 2.24) is 9.78 Å². The second-order valence-electron chi connectivity index (χ2n) is 14.6. The van der Waals surface area contributed by atoms with E-state index in [0.717, 1.165) is 29.7 Å². The van der Waals surface area contributed by atoms with Crippen LogP contribution >= 0.6 is 61.5 Å². The number of phenolic OH excluding ortho intramolecular Hbond substituents is 1. The summed E-state index contributed by atoms with van der Waals surface area (Å²) in [7, 11) is 1.72. The van der Waals surface area contributed by atoms with Crippen LogP contribution in [0.25, 0.3) is 20.7 Å². The Hall–Kier alpha value is -3.85. The third kappa shape index (κ3) is 5.00. The first-order valence-corrected chi connectivity index (χ1v) is 20.3. The lowest BCUT2D eigenvalue weighted by Crippen LogP contribution is -2.49. The van der Waals surface area contributed by atoms with Gasteiger partial charge in [-0.05, 0) is 127 Å². The molecule has 2 aromatic heterocycles. The molecule has 3 aromatic carbocycles. The number of carbonyl (C=O) groups excluding carboxylic acids is 4. The molecule has 53 heavy (non-hydrogen) atoms. The van der Waals surface area contributed by atoms with Crippen LogP contribution in [-0.4, -0.2) is 38.5 Å². The summed E-state index contributed by atoms with van der Waals surface area (Å²) in [5.74, 6) is -4.45. The summed E-state index contributed by atoms with van der Waals surface area (Å²) in [6, 6.07) is 19.9. The number of hydrogen-bond donors (Lipinski definition) is 1. The topological polar surface area (TPSA) is 113 Å². The molecule has 2 aliphatic carbocycles. The summed E-state index contributed by atoms with van der Waals surface area (Å²) >= 11 is 13.6. The predicted molar refractivity (Wildman–Crippen MR) is 216 cm³/mol. The van der Waals surface area contributed by atoms with E-state index in [0.29, 0.717) is 38.7 Å². The summed E-state index contributed by atoms with van der Waals surface area (Å²) in [5.41, 5.74) is 2.12. The van der Waals surface area contributed by atoms with Crippen LogP contribution in [0.5, 0.6) is 5.75 Å². The van der Waals surface area contributed by atoms with E-state index in [1.165, 1.54) is 9.80 Å². The monoisotopic (exact) mass is 920 g/mol. The molecular formula is C40H31BrClIN4O5S. The lowest BCUT2D eigenvalue weighted by molar-refractivity contribution is -0.131. The molecule has 2 saturated heterocycles. The van der Waals surface area contributed by atoms with Crippen molar-refractivity contribution < 1.29 is 24.3 Å². The zero-order valence-corrected chi connectivity index (χ0v) is 34.0. The second-order valence-corrected chi connectivity index (χ2v) is 18.2. The zero-order valence-electron chi connectivity index (χ0n) is 28.6. The van der Waals surface area contributed by atoms with Crippen LogP contribution < -0.4 is 9.80 Å². The molecule has 1 N–H and O–H groups in total. The molecule has 2 aliphatic heterocycles. The number of halogens is 3. The lowest BCUT2D eigenvalue weighted by atomic mass is 9.51. The fourth-order valence-corrected chi connectivity index (χ4v) is 11.5. The summed E-state index contributed by atoms with van der Waals surface area (Å²) in [4.78, 5) is 61.7. The van der Waals surface area contributed by atoms with Gasteiger partial charge in [0.25, 0.3) is 0 Å². The Labute approximate surface area is 335 Å². The molecule has 9 nitrogen and oxygen atoms in total. The smallest absolute Gasteiger partial charge is 0.242 e. The molecule has 1 saturated carbocycles. The minimum Gasteiger partial charge on any atom is -0.508 e. The van der Waals surface area contributed by atoms with Crippen molar-refractivity contribution >= 4 is 107 Å². The van der Waals surface area contributed by atoms with Gasteiger partial charge < -0.3 is 5.11 Å². The molecule has 3 fully saturated rings. The van der Waals surface area contributed by atoms with Crippen molar-refractivity contribution in [1.29, 1.82) is 0 Å². The number of nitrogens with zero attached hydrogens (tertiary/aromatic N) is 4. The summed E-state index contributed by atoms with van der Waals surface area (Å²) < 4.78 is 4.29. The molecule has 0 bridgehead atoms. The average molecular weight is 922 g/mol. The highest BCUT2D eigenvalue weighted by molar-refractivity contribution is 14.1. The number of benzene rings is 3. The van der Waals surface area contributed by atoms with E-state index >= 15 is 4.79 Å². The van der Waals surface area contributed by atoms with Crippen LogP contribution in [0.1, 0.15) is 36.8 Å². The normalized spacial score (nSPS) is 26.7. The van der Waals surface area contributed by atoms with Crippen molar-refractivity contribution in [3.8, 4) is 16.3 Å². The number of phenols is 1. The quantitative estimate of drug-likeness (QED) is 0.110. The van der Waals surface area contributed by atoms with Crippen LogP contribution in [0.3, 0.4) is 0 Å². The second kappa shape index (κ2) is 12.3. The number of aromatic nitrogens is 2. The van der Waals surface area contributed by atoms with Gasteiger partial charge in [0.15, 0.2) is 0 Å². The fourth-order valence-electron chi connectivity index (χ4n) is 9.39. The van der Waals surface area contributed by atoms with Crippen LogP contribution in [0.4, 0.5) is 11.5 Å². The molecule has 4 amide bonds. The van der Waals surface area contributed by atoms with Crippen LogP contribution in [0.15, 0.2) is 82.9 Å². The molecule has 0 unspecified atom stereocenters. The van der Waals surface area contributed by atoms with Gasteiger partial charge in [0.05, 0.1) is 33.7 Å². The van der Waals surface area contributed by atoms with Gasteiger partial charge in [0.1, 0.15) is 17.3 Å². The van der Waals surface area contributed by atoms with Gasteiger partial charge in [-0.25, -0.2) is 4.90 Å². The Bertz CT molecular complexity index is 2500. The summed E-state index contributed by atoms with van der Waals surface area (Å²) in [5, 5.41) is 17.9. The maximum atomic E-state index is 15.1. The number of aromatic hydroxyl groups is 1. The van der Waals surface area contributed by atoms with Gasteiger partial charge >= 0.3 is 0 Å². The van der Waals surface area contributed by atoms with Gasteiger partial charge in [-0.3, -0.25) is 28.8 Å². The highest BCUT2D eigenvalue weighted by atomic mass is 127. The van der Waals surface area contributed by atoms with E-state index < -0.39 is 40.9 Å². The van der Waals surface area contributed by atoms with Crippen LogP contribution in [-0.2, 0) is 26.2 Å². The van der Waals surface area contributed by atoms with E-state index in [-0.39, 0.29) is 29.9 Å². The Morgan fingerprint density at radius 1 is 0.962 bits per heavy atom. The Balaban J connectivity index is 1.16. The van der Waals surface area contributed by atoms with Crippen LogP contribution in [0, 0.1) is 39.6 Å². The molecule has 9 rings (SSSR count). The molecule has 5 aromatic rings. The first-order valence-electron chi connectivity index (χ1n) is 17.2. The van der Waals surface area contributed by atoms with E-state index in [1.807, 2.05) is 50.3 Å². The Morgan fingerprint density at radius 2 is 1.72 bits per heavy atom. The minimum absolute atomic E-state index is 0.0157. The minimum atomic E-state index is -1.32. The predicted octanol–water partition coefficient (Wildman–Crippen LogP) is 8.77. The first-order chi connectivity index (χ1) is 25.3. The lowest BCUT2D eigenvalue weighted by Gasteiger charge is -2.49. The number of imide groups is 2. The number of carbonyl (C=O) groups is 4. The standard InChI is InChI=1S/C40H31BrClIN4O5S/c1-18-25-15-20(42)5-13-31(25)53-35(18)29-17-32(45(3)44-29)47-37(50)28-16-26-23(34(40(28,2)39(47)52)27-14-19(41)4-12-30(27)48)10-11-24-33(26)38(51)46(36(24)49)22-8-6-21(43)7-9-22/h4-10,12-15,17,24,26,28,33-34,48H,11,16H2,1-3H3/t24-,26+,28-,33-,34+,40+/m0/s1. The van der Waals surface area contributed by atoms with Gasteiger partial charge in [0, 0.05) is 42.4 Å². The number of amides is 4. The van der Waals surface area contributed by atoms with Crippen LogP contribution in [0.2, 0.25) is 5.02 Å². The molecule has 268 valence electrons. The average Bonchev–Trinajstić information content (AvgIpc) is 3.80. The van der Waals surface area contributed by atoms with E-state index in [1.54, 1.807) is 59.5 Å². The molecule has 0 spiro atoms. The van der Waals surface area contributed by atoms with Crippen molar-refractivity contribution in [2.24, 2.45) is 36.1 Å². The maximum Gasteiger partial charge on any atom is 0.242 e. The maximum absolute atomic E-state index is 15.1. The fraction of sp³-hybridized carbons (Fsp3) is 0.275. The molecule has 4 aliphatic rings. The van der Waals surface area contributed by atoms with Gasteiger partial charge in [-0.15, -0.1) is 11.3 Å². The van der Waals surface area contributed by atoms with Crippen molar-refractivity contribution in [3.63, 3.8) is 0 Å². The van der Waals surface area contributed by atoms with E-state index in [4.69, 9.17) is 16.7 Å². The largest absolute Gasteiger partial charge is 0.508 e. The Kier molecular flexibility index (Phi) is 8.12. The van der Waals surface area contributed by atoms with Crippen molar-refractivity contribution in [2.45, 2.75) is 32.6 Å². The van der Waals surface area contributed by atoms with Gasteiger partial charge in [0.2, 0.25) is 23.6 Å². The zero-order chi connectivity index (χ0) is 37.2. The van der Waals surface area contributed by atoms with Crippen molar-refractivity contribution in [2.75, 3.05) is 9.80 Å². The summed E-state index contributed by atoms with van der Waals surface area (Å²) in [6.07, 6.45) is 2.50. The third-order valence-corrected chi connectivity index (χ3v) is 14.6. The SMILES string of the molecule is Cc1c(-c2cc(N3C(=O)[C@@H]4C[C@@H]5C(=CC[C@@H]6C(=O)N(c7ccc(I)cc7)C(=O)[C@@H]65)[C@H](c5cc(Br)ccc5O)[C@]4(C)C3=O)n(C)n2)sc2ccc(Cl)cc12. The summed E-state index contributed by atoms with van der Waals surface area (Å²) in [6.45, 7) is 3.82. The number of rotatable bonds is 4. The number of hydrogen-bond acceptors (Lipinski definition) is 7. The molecular weight excluding hydrogens is 891 g/mol. The highest BCUT2D eigenvalue weighted by Gasteiger charge is 2.68. The number of fused-ring (bicyclic) bond motifs is 5. The number of aryl methyl sites for hydroxylation is 2. The molecule has 0 radical (unpaired) electrons. The molecule has 6 atom stereocenters. The molecule has 13 heteroatoms. The Morgan fingerprint density at radius 3 is 2.47 bits per heavy atom. The van der Waals surface area contributed by atoms with E-state index in [9.17, 15) is 19.5 Å². The highest BCUT2D eigenvalue weighted by Crippen LogP contribution is 2.64. The van der Waals surface area contributed by atoms with Gasteiger partial charge in [-0.1, -0.05) is 39.2 Å². The molecule has 4 heterocycles. The number of thiophene rings is 1. The number of anilines is 2. The van der Waals surface area contributed by atoms with Crippen molar-refractivity contribution in [3.05, 3.63) is 103 Å². The third-order valence-electron chi connectivity index (χ3n) is 11.9. The number of allylic oxidation sites excluding steroid dienone is 2.